The Bertz CT molecular complexity index is 736. The van der Waals surface area contributed by atoms with Gasteiger partial charge in [-0.2, -0.15) is 0 Å². The van der Waals surface area contributed by atoms with Gasteiger partial charge in [-0.25, -0.2) is 9.37 Å². The van der Waals surface area contributed by atoms with E-state index in [1.165, 1.54) is 12.1 Å². The van der Waals surface area contributed by atoms with E-state index in [-0.39, 0.29) is 17.8 Å². The lowest BCUT2D eigenvalue weighted by Gasteiger charge is -2.18. The number of carbonyl (C=O) groups excluding carboxylic acids is 1. The minimum atomic E-state index is -0.344. The second kappa shape index (κ2) is 5.23. The van der Waals surface area contributed by atoms with Crippen LogP contribution >= 0.6 is 0 Å². The van der Waals surface area contributed by atoms with Crippen molar-refractivity contribution < 1.29 is 9.18 Å². The van der Waals surface area contributed by atoms with E-state index in [0.29, 0.717) is 16.5 Å². The minimum absolute atomic E-state index is 0.124. The average molecular weight is 299 g/mol. The van der Waals surface area contributed by atoms with Gasteiger partial charge in [0.05, 0.1) is 11.1 Å². The fraction of sp³-hybridized carbons (Fsp3) is 0.412. The summed E-state index contributed by atoms with van der Waals surface area (Å²) < 4.78 is 13.6. The normalized spacial score (nSPS) is 18.0. The van der Waals surface area contributed by atoms with Crippen LogP contribution in [0.5, 0.6) is 0 Å². The molecule has 1 N–H and O–H groups in total. The predicted molar refractivity (Wildman–Crippen MR) is 83.6 cm³/mol. The standard InChI is InChI=1S/C17H18FN3O/c18-11-3-6-15-13(9-11)14(17(22)19-12-4-5-12)10-16(20-15)21-7-1-2-8-21/h3,6,9-10,12H,1-2,4-5,7-8H2,(H,19,22). The lowest BCUT2D eigenvalue weighted by atomic mass is 10.1. The monoisotopic (exact) mass is 299 g/mol. The predicted octanol–water partition coefficient (Wildman–Crippen LogP) is 2.87. The van der Waals surface area contributed by atoms with Gasteiger partial charge in [0.2, 0.25) is 0 Å². The molecule has 1 saturated heterocycles. The molecule has 4 nitrogen and oxygen atoms in total. The van der Waals surface area contributed by atoms with Crippen molar-refractivity contribution in [1.29, 1.82) is 0 Å². The van der Waals surface area contributed by atoms with Crippen molar-refractivity contribution in [3.05, 3.63) is 35.6 Å². The number of anilines is 1. The maximum Gasteiger partial charge on any atom is 0.252 e. The highest BCUT2D eigenvalue weighted by molar-refractivity contribution is 6.07. The van der Waals surface area contributed by atoms with E-state index in [1.54, 1.807) is 6.07 Å². The second-order valence-electron chi connectivity index (χ2n) is 6.13. The molecular weight excluding hydrogens is 281 g/mol. The van der Waals surface area contributed by atoms with E-state index in [2.05, 4.69) is 15.2 Å². The van der Waals surface area contributed by atoms with E-state index < -0.39 is 0 Å². The summed E-state index contributed by atoms with van der Waals surface area (Å²) in [5.41, 5.74) is 1.20. The fourth-order valence-corrected chi connectivity index (χ4v) is 2.97. The number of amides is 1. The molecule has 114 valence electrons. The molecule has 2 fully saturated rings. The first-order valence-corrected chi connectivity index (χ1v) is 7.87. The van der Waals surface area contributed by atoms with E-state index >= 15 is 0 Å². The maximum atomic E-state index is 13.6. The average Bonchev–Trinajstić information content (AvgIpc) is 3.15. The molecule has 2 aromatic rings. The van der Waals surface area contributed by atoms with Crippen LogP contribution in [-0.2, 0) is 0 Å². The van der Waals surface area contributed by atoms with E-state index in [0.717, 1.165) is 44.6 Å². The number of halogens is 1. The molecule has 1 aliphatic carbocycles. The van der Waals surface area contributed by atoms with Crippen LogP contribution in [0.25, 0.3) is 10.9 Å². The Hall–Kier alpha value is -2.17. The number of hydrogen-bond donors (Lipinski definition) is 1. The molecule has 4 rings (SSSR count). The molecule has 0 atom stereocenters. The summed E-state index contributed by atoms with van der Waals surface area (Å²) >= 11 is 0. The summed E-state index contributed by atoms with van der Waals surface area (Å²) in [4.78, 5) is 19.3. The number of benzene rings is 1. The molecule has 1 aromatic heterocycles. The van der Waals surface area contributed by atoms with Crippen LogP contribution in [0.15, 0.2) is 24.3 Å². The number of nitrogens with zero attached hydrogens (tertiary/aromatic N) is 2. The molecule has 0 bridgehead atoms. The van der Waals surface area contributed by atoms with Crippen molar-refractivity contribution in [2.24, 2.45) is 0 Å². The Labute approximate surface area is 128 Å². The lowest BCUT2D eigenvalue weighted by molar-refractivity contribution is 0.0952. The number of aromatic nitrogens is 1. The van der Waals surface area contributed by atoms with Crippen molar-refractivity contribution in [1.82, 2.24) is 10.3 Å². The molecule has 2 aliphatic rings. The van der Waals surface area contributed by atoms with E-state index in [4.69, 9.17) is 0 Å². The van der Waals surface area contributed by atoms with Crippen LogP contribution in [0.1, 0.15) is 36.0 Å². The van der Waals surface area contributed by atoms with E-state index in [1.807, 2.05) is 6.07 Å². The Morgan fingerprint density at radius 1 is 1.23 bits per heavy atom. The summed E-state index contributed by atoms with van der Waals surface area (Å²) in [6, 6.07) is 6.53. The van der Waals surface area contributed by atoms with Crippen LogP contribution in [0.2, 0.25) is 0 Å². The number of carbonyl (C=O) groups is 1. The Morgan fingerprint density at radius 2 is 2.00 bits per heavy atom. The number of rotatable bonds is 3. The summed E-state index contributed by atoms with van der Waals surface area (Å²) in [7, 11) is 0. The Morgan fingerprint density at radius 3 is 2.73 bits per heavy atom. The molecule has 0 radical (unpaired) electrons. The first-order valence-electron chi connectivity index (χ1n) is 7.87. The smallest absolute Gasteiger partial charge is 0.252 e. The number of nitrogens with one attached hydrogen (secondary N) is 1. The third-order valence-corrected chi connectivity index (χ3v) is 4.34. The van der Waals surface area contributed by atoms with Gasteiger partial charge in [0.25, 0.3) is 5.91 Å². The third-order valence-electron chi connectivity index (χ3n) is 4.34. The topological polar surface area (TPSA) is 45.2 Å². The van der Waals surface area contributed by atoms with E-state index in [9.17, 15) is 9.18 Å². The number of pyridine rings is 1. The highest BCUT2D eigenvalue weighted by atomic mass is 19.1. The molecule has 2 heterocycles. The summed E-state index contributed by atoms with van der Waals surface area (Å²) in [6.07, 6.45) is 4.35. The molecule has 1 aliphatic heterocycles. The van der Waals surface area contributed by atoms with Crippen molar-refractivity contribution >= 4 is 22.6 Å². The summed E-state index contributed by atoms with van der Waals surface area (Å²) in [5.74, 6) is 0.349. The zero-order valence-corrected chi connectivity index (χ0v) is 12.3. The number of hydrogen-bond acceptors (Lipinski definition) is 3. The molecule has 0 spiro atoms. The van der Waals surface area contributed by atoms with Crippen LogP contribution in [0, 0.1) is 5.82 Å². The zero-order chi connectivity index (χ0) is 15.1. The third kappa shape index (κ3) is 2.51. The zero-order valence-electron chi connectivity index (χ0n) is 12.3. The summed E-state index contributed by atoms with van der Waals surface area (Å²) in [6.45, 7) is 1.92. The lowest BCUT2D eigenvalue weighted by Crippen LogP contribution is -2.26. The van der Waals surface area contributed by atoms with Crippen molar-refractivity contribution in [2.75, 3.05) is 18.0 Å². The molecule has 22 heavy (non-hydrogen) atoms. The SMILES string of the molecule is O=C(NC1CC1)c1cc(N2CCCC2)nc2ccc(F)cc12. The van der Waals surface area contributed by atoms with Crippen molar-refractivity contribution in [2.45, 2.75) is 31.7 Å². The molecular formula is C17H18FN3O. The van der Waals surface area contributed by atoms with Gasteiger partial charge >= 0.3 is 0 Å². The molecule has 1 saturated carbocycles. The van der Waals surface area contributed by atoms with Gasteiger partial charge in [-0.1, -0.05) is 0 Å². The van der Waals surface area contributed by atoms with Crippen LogP contribution in [-0.4, -0.2) is 30.0 Å². The fourth-order valence-electron chi connectivity index (χ4n) is 2.97. The van der Waals surface area contributed by atoms with Gasteiger partial charge in [0, 0.05) is 24.5 Å². The van der Waals surface area contributed by atoms with Gasteiger partial charge in [-0.15, -0.1) is 0 Å². The molecule has 0 unspecified atom stereocenters. The summed E-state index contributed by atoms with van der Waals surface area (Å²) in [5, 5.41) is 3.58. The van der Waals surface area contributed by atoms with Crippen molar-refractivity contribution in [3.63, 3.8) is 0 Å². The Balaban J connectivity index is 1.81. The maximum absolute atomic E-state index is 13.6. The van der Waals surface area contributed by atoms with Crippen LogP contribution in [0.4, 0.5) is 10.2 Å². The Kier molecular flexibility index (Phi) is 3.21. The van der Waals surface area contributed by atoms with Gasteiger partial charge in [-0.05, 0) is 49.9 Å². The van der Waals surface area contributed by atoms with Gasteiger partial charge in [-0.3, -0.25) is 4.79 Å². The van der Waals surface area contributed by atoms with Crippen LogP contribution in [0.3, 0.4) is 0 Å². The first-order chi connectivity index (χ1) is 10.7. The quantitative estimate of drug-likeness (QED) is 0.948. The highest BCUT2D eigenvalue weighted by Crippen LogP contribution is 2.27. The minimum Gasteiger partial charge on any atom is -0.357 e. The van der Waals surface area contributed by atoms with Crippen LogP contribution < -0.4 is 10.2 Å². The molecule has 1 amide bonds. The number of fused-ring (bicyclic) bond motifs is 1. The highest BCUT2D eigenvalue weighted by Gasteiger charge is 2.26. The van der Waals surface area contributed by atoms with Crippen molar-refractivity contribution in [3.8, 4) is 0 Å². The van der Waals surface area contributed by atoms with Gasteiger partial charge in [0.1, 0.15) is 11.6 Å². The largest absolute Gasteiger partial charge is 0.357 e. The van der Waals surface area contributed by atoms with Gasteiger partial charge < -0.3 is 10.2 Å². The first kappa shape index (κ1) is 13.5. The second-order valence-corrected chi connectivity index (χ2v) is 6.13. The van der Waals surface area contributed by atoms with Gasteiger partial charge in [0.15, 0.2) is 0 Å². The molecule has 1 aromatic carbocycles. The molecule has 5 heteroatoms.